The summed E-state index contributed by atoms with van der Waals surface area (Å²) in [6, 6.07) is 11.8. The van der Waals surface area contributed by atoms with Crippen LogP contribution in [0.5, 0.6) is 5.75 Å². The Morgan fingerprint density at radius 3 is 2.67 bits per heavy atom. The van der Waals surface area contributed by atoms with Crippen LogP contribution in [0.4, 0.5) is 5.82 Å². The van der Waals surface area contributed by atoms with Crippen molar-refractivity contribution in [1.82, 2.24) is 9.78 Å². The van der Waals surface area contributed by atoms with Crippen LogP contribution in [0, 0.1) is 6.92 Å². The molecule has 0 aliphatic heterocycles. The van der Waals surface area contributed by atoms with Crippen LogP contribution in [0.2, 0.25) is 0 Å². The number of aromatic nitrogens is 2. The molecule has 0 bridgehead atoms. The van der Waals surface area contributed by atoms with Crippen LogP contribution in [0.3, 0.4) is 0 Å². The standard InChI is InChI=1S/C18H21N3O3/c1-13-16(7-10-24-13)17-11-18(21(20-17)8-9-22)19-12-14-3-5-15(23-2)6-4-14/h3-7,10-11,19,22H,8-9,12H2,1-2H3. The molecule has 0 atom stereocenters. The van der Waals surface area contributed by atoms with Gasteiger partial charge in [0.25, 0.3) is 0 Å². The van der Waals surface area contributed by atoms with Crippen molar-refractivity contribution in [3.8, 4) is 17.0 Å². The molecule has 0 aliphatic carbocycles. The van der Waals surface area contributed by atoms with E-state index in [-0.39, 0.29) is 6.61 Å². The van der Waals surface area contributed by atoms with Crippen LogP contribution in [-0.2, 0) is 13.1 Å². The number of anilines is 1. The number of aryl methyl sites for hydroxylation is 1. The number of furan rings is 1. The fourth-order valence-corrected chi connectivity index (χ4v) is 2.54. The largest absolute Gasteiger partial charge is 0.497 e. The number of nitrogens with one attached hydrogen (secondary N) is 1. The van der Waals surface area contributed by atoms with Gasteiger partial charge in [-0.05, 0) is 30.7 Å². The molecular weight excluding hydrogens is 306 g/mol. The highest BCUT2D eigenvalue weighted by atomic mass is 16.5. The van der Waals surface area contributed by atoms with Gasteiger partial charge in [-0.3, -0.25) is 0 Å². The van der Waals surface area contributed by atoms with Crippen molar-refractivity contribution in [3.05, 3.63) is 54.0 Å². The van der Waals surface area contributed by atoms with Crippen molar-refractivity contribution in [2.24, 2.45) is 0 Å². The number of hydrogen-bond donors (Lipinski definition) is 2. The third-order valence-electron chi connectivity index (χ3n) is 3.86. The van der Waals surface area contributed by atoms with Crippen LogP contribution < -0.4 is 10.1 Å². The molecule has 0 saturated carbocycles. The Balaban J connectivity index is 1.78. The molecule has 0 unspecified atom stereocenters. The Labute approximate surface area is 140 Å². The number of hydrogen-bond acceptors (Lipinski definition) is 5. The zero-order chi connectivity index (χ0) is 16.9. The van der Waals surface area contributed by atoms with E-state index in [0.717, 1.165) is 34.1 Å². The van der Waals surface area contributed by atoms with E-state index in [2.05, 4.69) is 10.4 Å². The van der Waals surface area contributed by atoms with Crippen LogP contribution in [0.25, 0.3) is 11.3 Å². The second kappa shape index (κ2) is 7.23. The molecule has 0 aliphatic rings. The van der Waals surface area contributed by atoms with Crippen molar-refractivity contribution in [2.75, 3.05) is 19.0 Å². The summed E-state index contributed by atoms with van der Waals surface area (Å²) in [6.07, 6.45) is 1.65. The van der Waals surface area contributed by atoms with Gasteiger partial charge in [0.15, 0.2) is 0 Å². The van der Waals surface area contributed by atoms with E-state index in [9.17, 15) is 5.11 Å². The summed E-state index contributed by atoms with van der Waals surface area (Å²) < 4.78 is 12.3. The van der Waals surface area contributed by atoms with Gasteiger partial charge in [0.05, 0.1) is 32.2 Å². The number of methoxy groups -OCH3 is 1. The minimum atomic E-state index is 0.0305. The van der Waals surface area contributed by atoms with Gasteiger partial charge < -0.3 is 19.6 Å². The van der Waals surface area contributed by atoms with Crippen LogP contribution >= 0.6 is 0 Å². The molecule has 1 aromatic carbocycles. The Hall–Kier alpha value is -2.73. The second-order valence-corrected chi connectivity index (χ2v) is 5.45. The maximum absolute atomic E-state index is 9.26. The predicted octanol–water partition coefficient (Wildman–Crippen LogP) is 3.06. The van der Waals surface area contributed by atoms with Gasteiger partial charge in [-0.1, -0.05) is 12.1 Å². The normalized spacial score (nSPS) is 10.8. The van der Waals surface area contributed by atoms with E-state index in [4.69, 9.17) is 9.15 Å². The zero-order valence-corrected chi connectivity index (χ0v) is 13.8. The van der Waals surface area contributed by atoms with Gasteiger partial charge in [0.2, 0.25) is 0 Å². The van der Waals surface area contributed by atoms with Crippen molar-refractivity contribution in [1.29, 1.82) is 0 Å². The molecule has 3 rings (SSSR count). The lowest BCUT2D eigenvalue weighted by atomic mass is 10.2. The first-order valence-electron chi connectivity index (χ1n) is 7.81. The monoisotopic (exact) mass is 327 g/mol. The highest BCUT2D eigenvalue weighted by molar-refractivity contribution is 5.64. The van der Waals surface area contributed by atoms with Gasteiger partial charge >= 0.3 is 0 Å². The number of aliphatic hydroxyl groups is 1. The topological polar surface area (TPSA) is 72.5 Å². The van der Waals surface area contributed by atoms with Gasteiger partial charge in [0.1, 0.15) is 17.3 Å². The van der Waals surface area contributed by atoms with E-state index in [1.807, 2.05) is 43.3 Å². The maximum atomic E-state index is 9.26. The molecule has 0 saturated heterocycles. The van der Waals surface area contributed by atoms with Crippen molar-refractivity contribution < 1.29 is 14.3 Å². The van der Waals surface area contributed by atoms with Crippen LogP contribution in [-0.4, -0.2) is 28.6 Å². The summed E-state index contributed by atoms with van der Waals surface area (Å²) in [4.78, 5) is 0. The van der Waals surface area contributed by atoms with E-state index in [1.165, 1.54) is 0 Å². The molecule has 2 N–H and O–H groups in total. The highest BCUT2D eigenvalue weighted by Crippen LogP contribution is 2.26. The molecule has 126 valence electrons. The SMILES string of the molecule is COc1ccc(CNc2cc(-c3ccoc3C)nn2CCO)cc1. The maximum Gasteiger partial charge on any atom is 0.125 e. The molecule has 6 nitrogen and oxygen atoms in total. The summed E-state index contributed by atoms with van der Waals surface area (Å²) in [7, 11) is 1.65. The van der Waals surface area contributed by atoms with Gasteiger partial charge in [0, 0.05) is 18.2 Å². The Kier molecular flexibility index (Phi) is 4.86. The molecule has 0 radical (unpaired) electrons. The first-order valence-corrected chi connectivity index (χ1v) is 7.81. The first kappa shape index (κ1) is 16.1. The smallest absolute Gasteiger partial charge is 0.125 e. The van der Waals surface area contributed by atoms with E-state index in [1.54, 1.807) is 18.1 Å². The molecular formula is C18H21N3O3. The number of aliphatic hydroxyl groups excluding tert-OH is 1. The van der Waals surface area contributed by atoms with Gasteiger partial charge in [-0.2, -0.15) is 5.10 Å². The summed E-state index contributed by atoms with van der Waals surface area (Å²) in [5.41, 5.74) is 2.92. The number of ether oxygens (including phenoxy) is 1. The lowest BCUT2D eigenvalue weighted by Crippen LogP contribution is -2.10. The predicted molar refractivity (Wildman–Crippen MR) is 92.1 cm³/mol. The molecule has 6 heteroatoms. The first-order chi connectivity index (χ1) is 11.7. The molecule has 3 aromatic rings. The van der Waals surface area contributed by atoms with E-state index >= 15 is 0 Å². The average molecular weight is 327 g/mol. The average Bonchev–Trinajstić information content (AvgIpc) is 3.20. The van der Waals surface area contributed by atoms with Crippen molar-refractivity contribution >= 4 is 5.82 Å². The quantitative estimate of drug-likeness (QED) is 0.698. The Bertz CT molecular complexity index is 790. The van der Waals surface area contributed by atoms with Gasteiger partial charge in [-0.25, -0.2) is 4.68 Å². The Morgan fingerprint density at radius 1 is 1.25 bits per heavy atom. The highest BCUT2D eigenvalue weighted by Gasteiger charge is 2.12. The van der Waals surface area contributed by atoms with E-state index < -0.39 is 0 Å². The minimum Gasteiger partial charge on any atom is -0.497 e. The Morgan fingerprint density at radius 2 is 2.04 bits per heavy atom. The van der Waals surface area contributed by atoms with Gasteiger partial charge in [-0.15, -0.1) is 0 Å². The number of nitrogens with zero attached hydrogens (tertiary/aromatic N) is 2. The molecule has 0 spiro atoms. The summed E-state index contributed by atoms with van der Waals surface area (Å²) in [5.74, 6) is 2.52. The minimum absolute atomic E-state index is 0.0305. The lowest BCUT2D eigenvalue weighted by Gasteiger charge is -2.09. The molecule has 2 heterocycles. The summed E-state index contributed by atoms with van der Waals surface area (Å²) in [5, 5.41) is 17.2. The third-order valence-corrected chi connectivity index (χ3v) is 3.86. The fourth-order valence-electron chi connectivity index (χ4n) is 2.54. The molecule has 0 fully saturated rings. The molecule has 0 amide bonds. The second-order valence-electron chi connectivity index (χ2n) is 5.45. The molecule has 24 heavy (non-hydrogen) atoms. The van der Waals surface area contributed by atoms with Crippen molar-refractivity contribution in [2.45, 2.75) is 20.0 Å². The van der Waals surface area contributed by atoms with Crippen LogP contribution in [0.15, 0.2) is 47.1 Å². The third kappa shape index (κ3) is 3.44. The number of benzene rings is 1. The molecule has 2 aromatic heterocycles. The van der Waals surface area contributed by atoms with E-state index in [0.29, 0.717) is 13.1 Å². The number of rotatable bonds is 7. The van der Waals surface area contributed by atoms with Crippen molar-refractivity contribution in [3.63, 3.8) is 0 Å². The summed E-state index contributed by atoms with van der Waals surface area (Å²) in [6.45, 7) is 3.03. The zero-order valence-electron chi connectivity index (χ0n) is 13.8. The summed E-state index contributed by atoms with van der Waals surface area (Å²) >= 11 is 0. The lowest BCUT2D eigenvalue weighted by molar-refractivity contribution is 0.270. The van der Waals surface area contributed by atoms with Crippen LogP contribution in [0.1, 0.15) is 11.3 Å². The fraction of sp³-hybridized carbons (Fsp3) is 0.278.